The molecule has 0 radical (unpaired) electrons. The van der Waals surface area contributed by atoms with Crippen molar-refractivity contribution >= 4 is 22.4 Å². The molecule has 2 aromatic rings. The van der Waals surface area contributed by atoms with Gasteiger partial charge in [-0.25, -0.2) is 4.99 Å². The smallest absolute Gasteiger partial charge is 0.133 e. The Morgan fingerprint density at radius 1 is 1.17 bits per heavy atom. The second-order valence-electron chi connectivity index (χ2n) is 8.06. The van der Waals surface area contributed by atoms with E-state index in [9.17, 15) is 0 Å². The van der Waals surface area contributed by atoms with Crippen molar-refractivity contribution in [2.45, 2.75) is 12.8 Å². The molecule has 1 aromatic carbocycles. The number of aliphatic hydroxyl groups is 1. The highest BCUT2D eigenvalue weighted by Gasteiger charge is 2.24. The number of aryl methyl sites for hydroxylation is 1. The number of allylic oxidation sites excluding steroid dienone is 2. The molecule has 1 aromatic heterocycles. The Morgan fingerprint density at radius 3 is 2.86 bits per heavy atom. The molecule has 1 saturated heterocycles. The van der Waals surface area contributed by atoms with Crippen molar-refractivity contribution in [2.24, 2.45) is 18.0 Å². The zero-order valence-corrected chi connectivity index (χ0v) is 16.8. The number of hydrogen-bond donors (Lipinski definition) is 1. The second-order valence-corrected chi connectivity index (χ2v) is 8.06. The molecule has 1 N–H and O–H groups in total. The number of likely N-dealkylation sites (tertiary alicyclic amines) is 1. The quantitative estimate of drug-likeness (QED) is 0.874. The maximum Gasteiger partial charge on any atom is 0.133 e. The van der Waals surface area contributed by atoms with Gasteiger partial charge in [0.05, 0.1) is 24.0 Å². The van der Waals surface area contributed by atoms with Gasteiger partial charge in [-0.3, -0.25) is 4.68 Å². The summed E-state index contributed by atoms with van der Waals surface area (Å²) < 4.78 is 1.90. The average molecular weight is 390 g/mol. The van der Waals surface area contributed by atoms with Gasteiger partial charge in [0.25, 0.3) is 0 Å². The van der Waals surface area contributed by atoms with E-state index in [2.05, 4.69) is 57.5 Å². The van der Waals surface area contributed by atoms with Crippen molar-refractivity contribution < 1.29 is 5.11 Å². The monoisotopic (exact) mass is 389 g/mol. The Balaban J connectivity index is 1.30. The van der Waals surface area contributed by atoms with Crippen LogP contribution in [0.25, 0.3) is 16.6 Å². The van der Waals surface area contributed by atoms with Gasteiger partial charge in [-0.2, -0.15) is 5.10 Å². The molecule has 0 amide bonds. The molecule has 5 rings (SSSR count). The summed E-state index contributed by atoms with van der Waals surface area (Å²) in [5, 5.41) is 14.6. The molecule has 1 fully saturated rings. The molecule has 0 bridgehead atoms. The maximum atomic E-state index is 9.13. The Morgan fingerprint density at radius 2 is 2.03 bits per heavy atom. The first kappa shape index (κ1) is 18.3. The fraction of sp³-hybridized carbons (Fsp3) is 0.391. The number of piperidine rings is 1. The minimum Gasteiger partial charge on any atom is -0.395 e. The number of aliphatic hydroxyl groups excluding tert-OH is 1. The van der Waals surface area contributed by atoms with Crippen molar-refractivity contribution in [3.63, 3.8) is 0 Å². The number of nitrogens with zero attached hydrogens (tertiary/aromatic N) is 5. The largest absolute Gasteiger partial charge is 0.395 e. The van der Waals surface area contributed by atoms with E-state index in [0.29, 0.717) is 5.92 Å². The van der Waals surface area contributed by atoms with Crippen molar-refractivity contribution in [3.05, 3.63) is 60.0 Å². The van der Waals surface area contributed by atoms with Crippen LogP contribution < -0.4 is 0 Å². The number of aliphatic imine (C=N–C) groups is 1. The van der Waals surface area contributed by atoms with Gasteiger partial charge in [0.2, 0.25) is 0 Å². The van der Waals surface area contributed by atoms with E-state index >= 15 is 0 Å². The fourth-order valence-corrected chi connectivity index (χ4v) is 4.54. The van der Waals surface area contributed by atoms with Crippen LogP contribution in [0.3, 0.4) is 0 Å². The van der Waals surface area contributed by atoms with Gasteiger partial charge in [-0.1, -0.05) is 12.1 Å². The van der Waals surface area contributed by atoms with Crippen LogP contribution in [-0.4, -0.2) is 63.3 Å². The zero-order valence-electron chi connectivity index (χ0n) is 16.8. The standard InChI is InChI=1S/C23H27N5O/c1-26-22-4-2-18(14-20(22)15-24-26)21-8-11-28-16-19(3-5-23(28)25-21)17-6-9-27(10-7-17)12-13-29/h2-5,8,14-17,29H,6-7,9-13H2,1H3. The molecule has 0 atom stereocenters. The van der Waals surface area contributed by atoms with E-state index < -0.39 is 0 Å². The van der Waals surface area contributed by atoms with Crippen LogP contribution in [0, 0.1) is 5.92 Å². The molecule has 6 nitrogen and oxygen atoms in total. The number of rotatable bonds is 4. The average Bonchev–Trinajstić information content (AvgIpc) is 3.14. The van der Waals surface area contributed by atoms with E-state index in [-0.39, 0.29) is 6.61 Å². The summed E-state index contributed by atoms with van der Waals surface area (Å²) in [6, 6.07) is 6.41. The predicted octanol–water partition coefficient (Wildman–Crippen LogP) is 2.79. The minimum atomic E-state index is 0.253. The minimum absolute atomic E-state index is 0.253. The van der Waals surface area contributed by atoms with Crippen LogP contribution in [0.15, 0.2) is 59.4 Å². The Bertz CT molecular complexity index is 1040. The van der Waals surface area contributed by atoms with Crippen LogP contribution in [-0.2, 0) is 7.05 Å². The summed E-state index contributed by atoms with van der Waals surface area (Å²) in [7, 11) is 1.97. The third-order valence-electron chi connectivity index (χ3n) is 6.26. The number of β-amino-alcohol motifs (C(OH)–C–C–N with tert-alkyl or cyclic N) is 1. The Labute approximate surface area is 171 Å². The van der Waals surface area contributed by atoms with E-state index in [0.717, 1.165) is 67.0 Å². The highest BCUT2D eigenvalue weighted by Crippen LogP contribution is 2.30. The van der Waals surface area contributed by atoms with Gasteiger partial charge < -0.3 is 14.9 Å². The van der Waals surface area contributed by atoms with Crippen LogP contribution in [0.5, 0.6) is 0 Å². The molecule has 150 valence electrons. The summed E-state index contributed by atoms with van der Waals surface area (Å²) in [6.45, 7) is 4.03. The van der Waals surface area contributed by atoms with E-state index in [1.54, 1.807) is 0 Å². The molecule has 4 heterocycles. The summed E-state index contributed by atoms with van der Waals surface area (Å²) >= 11 is 0. The van der Waals surface area contributed by atoms with Crippen LogP contribution in [0.4, 0.5) is 0 Å². The zero-order chi connectivity index (χ0) is 19.8. The van der Waals surface area contributed by atoms with E-state index in [1.807, 2.05) is 17.9 Å². The number of hydrogen-bond acceptors (Lipinski definition) is 5. The lowest BCUT2D eigenvalue weighted by Gasteiger charge is -2.34. The summed E-state index contributed by atoms with van der Waals surface area (Å²) in [5.74, 6) is 1.61. The number of amidine groups is 1. The van der Waals surface area contributed by atoms with Crippen LogP contribution >= 0.6 is 0 Å². The van der Waals surface area contributed by atoms with Crippen molar-refractivity contribution in [1.29, 1.82) is 0 Å². The van der Waals surface area contributed by atoms with Gasteiger partial charge in [0.15, 0.2) is 0 Å². The Hall–Kier alpha value is -2.70. The third-order valence-corrected chi connectivity index (χ3v) is 6.26. The molecule has 29 heavy (non-hydrogen) atoms. The Kier molecular flexibility index (Phi) is 4.81. The van der Waals surface area contributed by atoms with Crippen LogP contribution in [0.1, 0.15) is 18.4 Å². The van der Waals surface area contributed by atoms with E-state index in [1.165, 1.54) is 5.57 Å². The summed E-state index contributed by atoms with van der Waals surface area (Å²) in [4.78, 5) is 9.52. The highest BCUT2D eigenvalue weighted by atomic mass is 16.3. The summed E-state index contributed by atoms with van der Waals surface area (Å²) in [5.41, 5.74) is 4.70. The first-order valence-corrected chi connectivity index (χ1v) is 10.4. The summed E-state index contributed by atoms with van der Waals surface area (Å²) in [6.07, 6.45) is 13.1. The topological polar surface area (TPSA) is 56.9 Å². The van der Waals surface area contributed by atoms with Crippen molar-refractivity contribution in [3.8, 4) is 0 Å². The normalized spacial score (nSPS) is 20.5. The van der Waals surface area contributed by atoms with Gasteiger partial charge in [0, 0.05) is 37.3 Å². The molecule has 0 aliphatic carbocycles. The van der Waals surface area contributed by atoms with Gasteiger partial charge in [0.1, 0.15) is 5.84 Å². The van der Waals surface area contributed by atoms with Gasteiger partial charge >= 0.3 is 0 Å². The molecular weight excluding hydrogens is 362 g/mol. The lowest BCUT2D eigenvalue weighted by atomic mass is 9.88. The second kappa shape index (κ2) is 7.61. The van der Waals surface area contributed by atoms with E-state index in [4.69, 9.17) is 10.1 Å². The first-order valence-electron chi connectivity index (χ1n) is 10.4. The molecule has 0 unspecified atom stereocenters. The third kappa shape index (κ3) is 3.54. The van der Waals surface area contributed by atoms with Crippen molar-refractivity contribution in [1.82, 2.24) is 19.6 Å². The molecular formula is C23H27N5O. The lowest BCUT2D eigenvalue weighted by Crippen LogP contribution is -2.37. The first-order chi connectivity index (χ1) is 14.2. The lowest BCUT2D eigenvalue weighted by molar-refractivity contribution is 0.157. The molecule has 6 heteroatoms. The van der Waals surface area contributed by atoms with Crippen molar-refractivity contribution in [2.75, 3.05) is 32.8 Å². The predicted molar refractivity (Wildman–Crippen MR) is 116 cm³/mol. The number of aromatic nitrogens is 2. The number of benzene rings is 1. The number of fused-ring (bicyclic) bond motifs is 2. The molecule has 3 aliphatic heterocycles. The SMILES string of the molecule is Cn1ncc2cc(C3=CCN4C=C(C5CCN(CCO)CC5)C=CC4=N3)ccc21. The molecule has 3 aliphatic rings. The van der Waals surface area contributed by atoms with Crippen LogP contribution in [0.2, 0.25) is 0 Å². The van der Waals surface area contributed by atoms with Gasteiger partial charge in [-0.05, 0) is 61.7 Å². The maximum absolute atomic E-state index is 9.13. The fourth-order valence-electron chi connectivity index (χ4n) is 4.54. The highest BCUT2D eigenvalue weighted by molar-refractivity contribution is 6.00. The molecule has 0 spiro atoms. The molecule has 0 saturated carbocycles. The van der Waals surface area contributed by atoms with Gasteiger partial charge in [-0.15, -0.1) is 0 Å².